The SMILES string of the molecule is C[C@H](C(N)=O)N1CCN(c2cc3c(cc2NC(=O)C(=CN)c2ncccn2)CC(C)(C)O3)CC1. The number of ether oxygens (including phenoxy) is 1. The van der Waals surface area contributed by atoms with Crippen molar-refractivity contribution in [3.8, 4) is 5.75 Å². The molecule has 1 saturated heterocycles. The van der Waals surface area contributed by atoms with Gasteiger partial charge in [0.25, 0.3) is 5.91 Å². The number of rotatable bonds is 6. The number of aromatic nitrogens is 2. The third-order valence-corrected chi connectivity index (χ3v) is 6.26. The van der Waals surface area contributed by atoms with Gasteiger partial charge in [-0.15, -0.1) is 0 Å². The van der Waals surface area contributed by atoms with E-state index in [9.17, 15) is 9.59 Å². The highest BCUT2D eigenvalue weighted by molar-refractivity contribution is 6.24. The molecule has 0 bridgehead atoms. The van der Waals surface area contributed by atoms with E-state index in [4.69, 9.17) is 16.2 Å². The van der Waals surface area contributed by atoms with Crippen LogP contribution in [0.15, 0.2) is 36.8 Å². The van der Waals surface area contributed by atoms with Gasteiger partial charge < -0.3 is 26.4 Å². The number of piperazine rings is 1. The van der Waals surface area contributed by atoms with Gasteiger partial charge in [-0.25, -0.2) is 9.97 Å². The average molecular weight is 466 g/mol. The summed E-state index contributed by atoms with van der Waals surface area (Å²) in [7, 11) is 0. The van der Waals surface area contributed by atoms with Crippen molar-refractivity contribution in [2.45, 2.75) is 38.8 Å². The van der Waals surface area contributed by atoms with Crippen LogP contribution in [0.1, 0.15) is 32.2 Å². The second-order valence-electron chi connectivity index (χ2n) is 9.22. The molecule has 10 nitrogen and oxygen atoms in total. The summed E-state index contributed by atoms with van der Waals surface area (Å²) in [5.74, 6) is 0.337. The molecule has 2 aliphatic heterocycles. The first-order chi connectivity index (χ1) is 16.2. The molecule has 0 spiro atoms. The summed E-state index contributed by atoms with van der Waals surface area (Å²) in [6.07, 6.45) is 5.07. The molecule has 0 radical (unpaired) electrons. The minimum absolute atomic E-state index is 0.184. The van der Waals surface area contributed by atoms with Crippen LogP contribution in [-0.4, -0.2) is 64.5 Å². The number of benzene rings is 1. The molecule has 0 unspecified atom stereocenters. The summed E-state index contributed by atoms with van der Waals surface area (Å²) in [4.78, 5) is 37.3. The molecule has 1 fully saturated rings. The fourth-order valence-electron chi connectivity index (χ4n) is 4.41. The summed E-state index contributed by atoms with van der Waals surface area (Å²) >= 11 is 0. The Morgan fingerprint density at radius 3 is 2.47 bits per heavy atom. The number of hydrogen-bond acceptors (Lipinski definition) is 8. The van der Waals surface area contributed by atoms with Gasteiger partial charge in [0.15, 0.2) is 5.82 Å². The zero-order chi connectivity index (χ0) is 24.5. The zero-order valence-electron chi connectivity index (χ0n) is 19.7. The van der Waals surface area contributed by atoms with Gasteiger partial charge in [0.2, 0.25) is 5.91 Å². The summed E-state index contributed by atoms with van der Waals surface area (Å²) in [6, 6.07) is 5.30. The molecule has 4 rings (SSSR count). The third-order valence-electron chi connectivity index (χ3n) is 6.26. The Hall–Kier alpha value is -3.66. The molecular formula is C24H31N7O3. The molecule has 1 atom stereocenters. The van der Waals surface area contributed by atoms with Gasteiger partial charge in [-0.2, -0.15) is 0 Å². The van der Waals surface area contributed by atoms with Crippen molar-refractivity contribution in [3.63, 3.8) is 0 Å². The van der Waals surface area contributed by atoms with E-state index < -0.39 is 5.91 Å². The molecule has 5 N–H and O–H groups in total. The lowest BCUT2D eigenvalue weighted by Gasteiger charge is -2.38. The Kier molecular flexibility index (Phi) is 6.43. The minimum atomic E-state index is -0.394. The number of primary amides is 1. The molecule has 2 amide bonds. The Morgan fingerprint density at radius 2 is 1.85 bits per heavy atom. The van der Waals surface area contributed by atoms with Crippen molar-refractivity contribution < 1.29 is 14.3 Å². The maximum atomic E-state index is 13.2. The molecule has 10 heteroatoms. The van der Waals surface area contributed by atoms with Crippen LogP contribution < -0.4 is 26.4 Å². The normalized spacial score (nSPS) is 18.7. The predicted octanol–water partition coefficient (Wildman–Crippen LogP) is 1.12. The van der Waals surface area contributed by atoms with E-state index in [1.807, 2.05) is 32.9 Å². The lowest BCUT2D eigenvalue weighted by Crippen LogP contribution is -2.53. The standard InChI is InChI=1S/C24H31N7O3/c1-15(21(26)32)30-7-9-31(10-8-30)19-12-20-16(13-24(2,3)34-20)11-18(19)29-23(33)17(14-25)22-27-5-4-6-28-22/h4-6,11-12,14-15H,7-10,13,25H2,1-3H3,(H2,26,32)(H,29,33)/t15-/m1/s1. The number of carbonyl (C=O) groups excluding carboxylic acids is 2. The van der Waals surface area contributed by atoms with Crippen LogP contribution in [0, 0.1) is 0 Å². The van der Waals surface area contributed by atoms with Gasteiger partial charge in [-0.3, -0.25) is 14.5 Å². The predicted molar refractivity (Wildman–Crippen MR) is 130 cm³/mol. The van der Waals surface area contributed by atoms with Crippen LogP contribution in [-0.2, 0) is 16.0 Å². The largest absolute Gasteiger partial charge is 0.487 e. The Labute approximate surface area is 199 Å². The van der Waals surface area contributed by atoms with Gasteiger partial charge in [-0.1, -0.05) is 0 Å². The fourth-order valence-corrected chi connectivity index (χ4v) is 4.41. The number of nitrogens with one attached hydrogen (secondary N) is 1. The maximum absolute atomic E-state index is 13.2. The number of hydrogen-bond donors (Lipinski definition) is 3. The third kappa shape index (κ3) is 4.81. The molecule has 3 heterocycles. The molecular weight excluding hydrogens is 434 g/mol. The van der Waals surface area contributed by atoms with E-state index in [0.29, 0.717) is 31.9 Å². The topological polar surface area (TPSA) is 140 Å². The number of anilines is 2. The van der Waals surface area contributed by atoms with Crippen molar-refractivity contribution in [1.29, 1.82) is 0 Å². The maximum Gasteiger partial charge on any atom is 0.261 e. The van der Waals surface area contributed by atoms with Crippen LogP contribution in [0.3, 0.4) is 0 Å². The van der Waals surface area contributed by atoms with Crippen molar-refractivity contribution >= 4 is 28.8 Å². The van der Waals surface area contributed by atoms with E-state index in [1.54, 1.807) is 18.5 Å². The molecule has 180 valence electrons. The molecule has 34 heavy (non-hydrogen) atoms. The van der Waals surface area contributed by atoms with E-state index >= 15 is 0 Å². The Morgan fingerprint density at radius 1 is 1.18 bits per heavy atom. The average Bonchev–Trinajstić information content (AvgIpc) is 3.12. The number of fused-ring (bicyclic) bond motifs is 1. The van der Waals surface area contributed by atoms with Crippen LogP contribution in [0.25, 0.3) is 5.57 Å². The first kappa shape index (κ1) is 23.5. The Balaban J connectivity index is 1.62. The summed E-state index contributed by atoms with van der Waals surface area (Å²) in [5.41, 5.74) is 13.6. The van der Waals surface area contributed by atoms with Crippen molar-refractivity contribution in [3.05, 3.63) is 48.2 Å². The van der Waals surface area contributed by atoms with E-state index in [-0.39, 0.29) is 28.9 Å². The van der Waals surface area contributed by atoms with Crippen LogP contribution in [0.2, 0.25) is 0 Å². The zero-order valence-corrected chi connectivity index (χ0v) is 19.7. The smallest absolute Gasteiger partial charge is 0.261 e. The van der Waals surface area contributed by atoms with Gasteiger partial charge in [0.05, 0.1) is 23.0 Å². The first-order valence-electron chi connectivity index (χ1n) is 11.3. The van der Waals surface area contributed by atoms with E-state index in [2.05, 4.69) is 25.1 Å². The molecule has 1 aromatic heterocycles. The van der Waals surface area contributed by atoms with Gasteiger partial charge in [-0.05, 0) is 32.9 Å². The number of nitrogens with two attached hydrogens (primary N) is 2. The number of amides is 2. The van der Waals surface area contributed by atoms with Crippen molar-refractivity contribution in [2.24, 2.45) is 11.5 Å². The summed E-state index contributed by atoms with van der Waals surface area (Å²) < 4.78 is 6.15. The highest BCUT2D eigenvalue weighted by Gasteiger charge is 2.33. The lowest BCUT2D eigenvalue weighted by atomic mass is 10.0. The molecule has 0 saturated carbocycles. The summed E-state index contributed by atoms with van der Waals surface area (Å²) in [5, 5.41) is 3.01. The van der Waals surface area contributed by atoms with Gasteiger partial charge in [0.1, 0.15) is 11.4 Å². The minimum Gasteiger partial charge on any atom is -0.487 e. The quantitative estimate of drug-likeness (QED) is 0.539. The van der Waals surface area contributed by atoms with E-state index in [0.717, 1.165) is 23.4 Å². The number of carbonyl (C=O) groups is 2. The van der Waals surface area contributed by atoms with Crippen molar-refractivity contribution in [1.82, 2.24) is 14.9 Å². The lowest BCUT2D eigenvalue weighted by molar-refractivity contribution is -0.122. The molecule has 2 aliphatic rings. The Bertz CT molecular complexity index is 1110. The van der Waals surface area contributed by atoms with Crippen molar-refractivity contribution in [2.75, 3.05) is 36.4 Å². The molecule has 1 aromatic carbocycles. The second-order valence-corrected chi connectivity index (χ2v) is 9.22. The highest BCUT2D eigenvalue weighted by Crippen LogP contribution is 2.42. The van der Waals surface area contributed by atoms with Crippen LogP contribution in [0.4, 0.5) is 11.4 Å². The van der Waals surface area contributed by atoms with Crippen LogP contribution >= 0.6 is 0 Å². The van der Waals surface area contributed by atoms with E-state index in [1.165, 1.54) is 6.20 Å². The number of nitrogens with zero attached hydrogens (tertiary/aromatic N) is 4. The molecule has 2 aromatic rings. The monoisotopic (exact) mass is 465 g/mol. The van der Waals surface area contributed by atoms with Crippen LogP contribution in [0.5, 0.6) is 5.75 Å². The fraction of sp³-hybridized carbons (Fsp3) is 0.417. The van der Waals surface area contributed by atoms with Gasteiger partial charge in [0, 0.05) is 62.8 Å². The highest BCUT2D eigenvalue weighted by atomic mass is 16.5. The van der Waals surface area contributed by atoms with Gasteiger partial charge >= 0.3 is 0 Å². The summed E-state index contributed by atoms with van der Waals surface area (Å²) in [6.45, 7) is 8.59. The second kappa shape index (κ2) is 9.30. The first-order valence-corrected chi connectivity index (χ1v) is 11.3. The molecule has 0 aliphatic carbocycles.